The number of piperidine rings is 1. The lowest BCUT2D eigenvalue weighted by atomic mass is 10.1. The fourth-order valence-electron chi connectivity index (χ4n) is 3.03. The smallest absolute Gasteiger partial charge is 0.414 e. The normalized spacial score (nSPS) is 14.3. The zero-order valence-electron chi connectivity index (χ0n) is 17.2. The highest BCUT2D eigenvalue weighted by Crippen LogP contribution is 2.25. The number of carbonyl (C=O) groups excluding carboxylic acids is 1. The van der Waals surface area contributed by atoms with Gasteiger partial charge in [0.1, 0.15) is 12.4 Å². The molecular formula is C21H24FN7O2. The number of alkyl carbamates (subject to hydrolysis) is 1. The molecule has 0 spiro atoms. The van der Waals surface area contributed by atoms with Gasteiger partial charge in [-0.1, -0.05) is 24.8 Å². The first kappa shape index (κ1) is 21.9. The van der Waals surface area contributed by atoms with Gasteiger partial charge < -0.3 is 20.8 Å². The summed E-state index contributed by atoms with van der Waals surface area (Å²) < 4.78 is 20.0. The van der Waals surface area contributed by atoms with Crippen LogP contribution < -0.4 is 16.0 Å². The number of rotatable bonds is 5. The molecule has 1 aliphatic heterocycles. The predicted octanol–water partition coefficient (Wildman–Crippen LogP) is 2.98. The van der Waals surface area contributed by atoms with E-state index in [2.05, 4.69) is 26.9 Å². The zero-order chi connectivity index (χ0) is 22.4. The number of ether oxygens (including phenoxy) is 1. The van der Waals surface area contributed by atoms with Gasteiger partial charge in [-0.25, -0.2) is 24.1 Å². The van der Waals surface area contributed by atoms with Crippen molar-refractivity contribution in [3.8, 4) is 11.1 Å². The van der Waals surface area contributed by atoms with Crippen LogP contribution in [0.3, 0.4) is 0 Å². The topological polar surface area (TPSA) is 130 Å². The quantitative estimate of drug-likeness (QED) is 0.499. The van der Waals surface area contributed by atoms with Gasteiger partial charge in [0.2, 0.25) is 11.9 Å². The molecule has 3 rings (SSSR count). The van der Waals surface area contributed by atoms with E-state index in [4.69, 9.17) is 15.9 Å². The van der Waals surface area contributed by atoms with Crippen LogP contribution in [0.4, 0.5) is 15.1 Å². The van der Waals surface area contributed by atoms with Gasteiger partial charge in [-0.05, 0) is 6.92 Å². The number of nitrogens with one attached hydrogen (secondary N) is 2. The summed E-state index contributed by atoms with van der Waals surface area (Å²) in [5.41, 5.74) is 7.68. The number of nitrogens with two attached hydrogens (primary N) is 1. The molecular weight excluding hydrogens is 401 g/mol. The number of hydrogen-bond donors (Lipinski definition) is 3. The number of aliphatic imine (C=N–C) groups is 1. The standard InChI is InChI=1S/C21H24FN7O2/c1-13(2)27-19(24)28-21(30)31-12-14-4-3-5-17(18(14)22)15-10-25-20(26-11-15)29-8-6-16(23)7-9-29/h3-5,10-11,23H,1,6-9,12H2,2H3,(H3,24,27,28,30). The van der Waals surface area contributed by atoms with Crippen molar-refractivity contribution in [1.82, 2.24) is 15.3 Å². The first-order valence-corrected chi connectivity index (χ1v) is 9.68. The number of benzene rings is 1. The summed E-state index contributed by atoms with van der Waals surface area (Å²) in [5.74, 6) is -0.127. The molecule has 2 heterocycles. The number of aromatic nitrogens is 2. The van der Waals surface area contributed by atoms with Crippen LogP contribution in [0.1, 0.15) is 25.3 Å². The first-order valence-electron chi connectivity index (χ1n) is 9.68. The lowest BCUT2D eigenvalue weighted by Gasteiger charge is -2.27. The van der Waals surface area contributed by atoms with Crippen LogP contribution in [0.15, 0.2) is 47.9 Å². The summed E-state index contributed by atoms with van der Waals surface area (Å²) in [6.45, 7) is 6.28. The molecule has 10 heteroatoms. The van der Waals surface area contributed by atoms with Crippen molar-refractivity contribution in [2.75, 3.05) is 18.0 Å². The minimum absolute atomic E-state index is 0.158. The third-order valence-electron chi connectivity index (χ3n) is 4.58. The summed E-state index contributed by atoms with van der Waals surface area (Å²) in [6.07, 6.45) is 3.66. The van der Waals surface area contributed by atoms with E-state index in [0.29, 0.717) is 48.7 Å². The number of nitrogens with zero attached hydrogens (tertiary/aromatic N) is 4. The second kappa shape index (κ2) is 9.79. The number of carbonyl (C=O) groups is 1. The Balaban J connectivity index is 1.67. The first-order chi connectivity index (χ1) is 14.8. The highest BCUT2D eigenvalue weighted by atomic mass is 19.1. The van der Waals surface area contributed by atoms with Gasteiger partial charge in [0.05, 0.1) is 0 Å². The third kappa shape index (κ3) is 5.84. The molecule has 0 radical (unpaired) electrons. The van der Waals surface area contributed by atoms with Crippen molar-refractivity contribution in [2.45, 2.75) is 26.4 Å². The number of hydrogen-bond acceptors (Lipinski definition) is 7. The van der Waals surface area contributed by atoms with Crippen LogP contribution in [0.5, 0.6) is 0 Å². The Morgan fingerprint density at radius 2 is 2.03 bits per heavy atom. The van der Waals surface area contributed by atoms with Crippen LogP contribution in [0.25, 0.3) is 11.1 Å². The molecule has 162 valence electrons. The molecule has 0 atom stereocenters. The maximum absolute atomic E-state index is 15.0. The van der Waals surface area contributed by atoms with Crippen LogP contribution in [0, 0.1) is 11.2 Å². The van der Waals surface area contributed by atoms with Gasteiger partial charge >= 0.3 is 6.09 Å². The molecule has 0 aliphatic carbocycles. The van der Waals surface area contributed by atoms with Gasteiger partial charge in [-0.2, -0.15) is 0 Å². The van der Waals surface area contributed by atoms with E-state index in [1.807, 2.05) is 4.90 Å². The predicted molar refractivity (Wildman–Crippen MR) is 116 cm³/mol. The van der Waals surface area contributed by atoms with Crippen molar-refractivity contribution in [1.29, 1.82) is 5.41 Å². The largest absolute Gasteiger partial charge is 0.444 e. The molecule has 4 N–H and O–H groups in total. The highest BCUT2D eigenvalue weighted by Gasteiger charge is 2.17. The summed E-state index contributed by atoms with van der Waals surface area (Å²) in [4.78, 5) is 26.3. The molecule has 1 aliphatic rings. The monoisotopic (exact) mass is 425 g/mol. The summed E-state index contributed by atoms with van der Waals surface area (Å²) >= 11 is 0. The van der Waals surface area contributed by atoms with Crippen molar-refractivity contribution >= 4 is 23.7 Å². The second-order valence-corrected chi connectivity index (χ2v) is 7.07. The Labute approximate surface area is 179 Å². The van der Waals surface area contributed by atoms with E-state index in [0.717, 1.165) is 5.71 Å². The third-order valence-corrected chi connectivity index (χ3v) is 4.58. The van der Waals surface area contributed by atoms with E-state index >= 15 is 0 Å². The van der Waals surface area contributed by atoms with Crippen LogP contribution >= 0.6 is 0 Å². The van der Waals surface area contributed by atoms with Crippen LogP contribution in [-0.2, 0) is 11.3 Å². The van der Waals surface area contributed by atoms with Crippen molar-refractivity contribution in [3.63, 3.8) is 0 Å². The molecule has 31 heavy (non-hydrogen) atoms. The van der Waals surface area contributed by atoms with Gasteiger partial charge in [0, 0.05) is 66.4 Å². The summed E-state index contributed by atoms with van der Waals surface area (Å²) in [6, 6.07) is 4.79. The Bertz CT molecular complexity index is 1010. The van der Waals surface area contributed by atoms with Crippen molar-refractivity contribution in [2.24, 2.45) is 10.7 Å². The number of allylic oxidation sites excluding steroid dienone is 1. The van der Waals surface area contributed by atoms with Gasteiger partial charge in [-0.3, -0.25) is 5.32 Å². The molecule has 0 saturated carbocycles. The molecule has 2 aromatic rings. The second-order valence-electron chi connectivity index (χ2n) is 7.07. The average Bonchev–Trinajstić information content (AvgIpc) is 2.73. The fraction of sp³-hybridized carbons (Fsp3) is 0.286. The van der Waals surface area contributed by atoms with Crippen molar-refractivity contribution in [3.05, 3.63) is 54.2 Å². The summed E-state index contributed by atoms with van der Waals surface area (Å²) in [5, 5.41) is 9.92. The molecule has 1 aromatic carbocycles. The molecule has 0 unspecified atom stereocenters. The maximum atomic E-state index is 15.0. The van der Waals surface area contributed by atoms with Gasteiger partial charge in [0.15, 0.2) is 0 Å². The molecule has 0 bridgehead atoms. The minimum Gasteiger partial charge on any atom is -0.444 e. The maximum Gasteiger partial charge on any atom is 0.414 e. The molecule has 1 aromatic heterocycles. The molecule has 1 saturated heterocycles. The average molecular weight is 425 g/mol. The van der Waals surface area contributed by atoms with E-state index in [-0.39, 0.29) is 18.1 Å². The Morgan fingerprint density at radius 3 is 2.68 bits per heavy atom. The van der Waals surface area contributed by atoms with Crippen LogP contribution in [0.2, 0.25) is 0 Å². The zero-order valence-corrected chi connectivity index (χ0v) is 17.2. The van der Waals surface area contributed by atoms with E-state index in [1.54, 1.807) is 31.5 Å². The lowest BCUT2D eigenvalue weighted by molar-refractivity contribution is 0.143. The number of halogens is 1. The van der Waals surface area contributed by atoms with E-state index < -0.39 is 11.9 Å². The highest BCUT2D eigenvalue weighted by molar-refractivity contribution is 5.93. The molecule has 1 fully saturated rings. The van der Waals surface area contributed by atoms with Crippen LogP contribution in [-0.4, -0.2) is 40.8 Å². The SMILES string of the molecule is C=C(C)N=C(N)NC(=O)OCc1cccc(-c2cnc(N3CCC(=N)CC3)nc2)c1F. The Hall–Kier alpha value is -3.82. The number of anilines is 1. The van der Waals surface area contributed by atoms with E-state index in [1.165, 1.54) is 6.07 Å². The Morgan fingerprint density at radius 1 is 1.35 bits per heavy atom. The van der Waals surface area contributed by atoms with E-state index in [9.17, 15) is 9.18 Å². The molecule has 1 amide bonds. The fourth-order valence-corrected chi connectivity index (χ4v) is 3.03. The lowest BCUT2D eigenvalue weighted by Crippen LogP contribution is -2.37. The summed E-state index contributed by atoms with van der Waals surface area (Å²) in [7, 11) is 0. The number of amides is 1. The van der Waals surface area contributed by atoms with Gasteiger partial charge in [-0.15, -0.1) is 0 Å². The minimum atomic E-state index is -0.852. The van der Waals surface area contributed by atoms with Gasteiger partial charge in [0.25, 0.3) is 0 Å². The molecule has 9 nitrogen and oxygen atoms in total. The van der Waals surface area contributed by atoms with Crippen molar-refractivity contribution < 1.29 is 13.9 Å². The number of guanidine groups is 1. The Kier molecular flexibility index (Phi) is 6.91.